The molecule has 3 N–H and O–H groups in total. The lowest BCUT2D eigenvalue weighted by Crippen LogP contribution is -2.46. The van der Waals surface area contributed by atoms with Gasteiger partial charge in [-0.05, 0) is 48.4 Å². The van der Waals surface area contributed by atoms with E-state index >= 15 is 0 Å². The summed E-state index contributed by atoms with van der Waals surface area (Å²) in [5.41, 5.74) is -0.341. The highest BCUT2D eigenvalue weighted by atomic mass is 16.3. The fourth-order valence-corrected chi connectivity index (χ4v) is 4.39. The molecule has 0 spiro atoms. The first-order valence-corrected chi connectivity index (χ1v) is 10.9. The van der Waals surface area contributed by atoms with E-state index in [9.17, 15) is 14.7 Å². The Kier molecular flexibility index (Phi) is 7.29. The smallest absolute Gasteiger partial charge is 0.220 e. The Morgan fingerprint density at radius 2 is 1.87 bits per heavy atom. The van der Waals surface area contributed by atoms with Crippen molar-refractivity contribution in [2.75, 3.05) is 6.54 Å². The van der Waals surface area contributed by atoms with Crippen LogP contribution >= 0.6 is 0 Å². The predicted molar refractivity (Wildman–Crippen MR) is 125 cm³/mol. The number of benzene rings is 2. The quantitative estimate of drug-likeness (QED) is 0.484. The second kappa shape index (κ2) is 9.92. The molecule has 1 heterocycles. The Labute approximate surface area is 184 Å². The molecule has 1 aliphatic rings. The van der Waals surface area contributed by atoms with Gasteiger partial charge in [0.15, 0.2) is 0 Å². The molecular weight excluding hydrogens is 388 g/mol. The molecule has 1 saturated heterocycles. The van der Waals surface area contributed by atoms with Crippen LogP contribution in [0.1, 0.15) is 44.1 Å². The van der Waals surface area contributed by atoms with Gasteiger partial charge >= 0.3 is 0 Å². The van der Waals surface area contributed by atoms with Crippen LogP contribution in [0.5, 0.6) is 0 Å². The molecule has 5 heteroatoms. The van der Waals surface area contributed by atoms with Gasteiger partial charge in [0.25, 0.3) is 0 Å². The zero-order valence-corrected chi connectivity index (χ0v) is 18.0. The van der Waals surface area contributed by atoms with Gasteiger partial charge in [-0.1, -0.05) is 54.6 Å². The molecule has 3 rings (SSSR count). The second-order valence-corrected chi connectivity index (χ2v) is 8.67. The third-order valence-corrected chi connectivity index (χ3v) is 6.09. The van der Waals surface area contributed by atoms with Crippen molar-refractivity contribution >= 4 is 22.6 Å². The van der Waals surface area contributed by atoms with Crippen LogP contribution in [-0.2, 0) is 16.0 Å². The highest BCUT2D eigenvalue weighted by Gasteiger charge is 2.38. The number of carbonyl (C=O) groups excluding carboxylic acids is 2. The van der Waals surface area contributed by atoms with Crippen molar-refractivity contribution < 1.29 is 14.7 Å². The van der Waals surface area contributed by atoms with E-state index in [4.69, 9.17) is 0 Å². The standard InChI is InChI=1S/C26H32N2O3/c1-3-13-26(31,14-4-2)19-27-23(29)11-15-25(16-12-24(30)28-25)18-20-9-10-21-7-5-6-8-22(21)17-20/h3-10,17,31H,1-2,11-16,18-19H2,(H,27,29)(H,28,30). The molecule has 0 saturated carbocycles. The molecule has 164 valence electrons. The summed E-state index contributed by atoms with van der Waals surface area (Å²) in [5.74, 6) is -0.0990. The van der Waals surface area contributed by atoms with Gasteiger partial charge in [0.2, 0.25) is 11.8 Å². The minimum Gasteiger partial charge on any atom is -0.387 e. The van der Waals surface area contributed by atoms with E-state index in [0.717, 1.165) is 5.56 Å². The van der Waals surface area contributed by atoms with Crippen LogP contribution in [0.3, 0.4) is 0 Å². The molecular formula is C26H32N2O3. The number of nitrogens with one attached hydrogen (secondary N) is 2. The van der Waals surface area contributed by atoms with Gasteiger partial charge in [-0.2, -0.15) is 0 Å². The van der Waals surface area contributed by atoms with Crippen LogP contribution in [0.15, 0.2) is 67.8 Å². The fraction of sp³-hybridized carbons (Fsp3) is 0.385. The summed E-state index contributed by atoms with van der Waals surface area (Å²) in [4.78, 5) is 24.6. The lowest BCUT2D eigenvalue weighted by atomic mass is 9.84. The average Bonchev–Trinajstić information content (AvgIpc) is 3.12. The molecule has 31 heavy (non-hydrogen) atoms. The summed E-state index contributed by atoms with van der Waals surface area (Å²) in [6.07, 6.45) is 6.75. The summed E-state index contributed by atoms with van der Waals surface area (Å²) in [5, 5.41) is 18.9. The largest absolute Gasteiger partial charge is 0.387 e. The summed E-state index contributed by atoms with van der Waals surface area (Å²) in [6.45, 7) is 7.49. The monoisotopic (exact) mass is 420 g/mol. The van der Waals surface area contributed by atoms with Crippen LogP contribution in [-0.4, -0.2) is 34.6 Å². The fourth-order valence-electron chi connectivity index (χ4n) is 4.39. The van der Waals surface area contributed by atoms with E-state index in [2.05, 4.69) is 54.1 Å². The first-order chi connectivity index (χ1) is 14.9. The molecule has 0 aliphatic carbocycles. The molecule has 1 atom stereocenters. The van der Waals surface area contributed by atoms with E-state index in [0.29, 0.717) is 38.5 Å². The Bertz CT molecular complexity index is 958. The summed E-state index contributed by atoms with van der Waals surface area (Å²) < 4.78 is 0. The Hall–Kier alpha value is -2.92. The molecule has 1 unspecified atom stereocenters. The number of carbonyl (C=O) groups is 2. The maximum atomic E-state index is 12.5. The maximum Gasteiger partial charge on any atom is 0.220 e. The first kappa shape index (κ1) is 22.8. The van der Waals surface area contributed by atoms with E-state index in [-0.39, 0.29) is 24.8 Å². The Morgan fingerprint density at radius 3 is 2.52 bits per heavy atom. The van der Waals surface area contributed by atoms with Crippen LogP contribution in [0.25, 0.3) is 10.8 Å². The van der Waals surface area contributed by atoms with Crippen molar-refractivity contribution in [3.05, 3.63) is 73.3 Å². The van der Waals surface area contributed by atoms with Crippen molar-refractivity contribution in [2.24, 2.45) is 0 Å². The number of rotatable bonds is 11. The second-order valence-electron chi connectivity index (χ2n) is 8.67. The van der Waals surface area contributed by atoms with E-state index in [1.165, 1.54) is 10.8 Å². The molecule has 1 fully saturated rings. The molecule has 2 amide bonds. The molecule has 1 aliphatic heterocycles. The highest BCUT2D eigenvalue weighted by Crippen LogP contribution is 2.30. The Balaban J connectivity index is 1.64. The summed E-state index contributed by atoms with van der Waals surface area (Å²) in [7, 11) is 0. The van der Waals surface area contributed by atoms with Crippen molar-refractivity contribution in [3.63, 3.8) is 0 Å². The van der Waals surface area contributed by atoms with Crippen LogP contribution in [0.2, 0.25) is 0 Å². The molecule has 2 aromatic carbocycles. The number of amides is 2. The van der Waals surface area contributed by atoms with Gasteiger partial charge in [-0.15, -0.1) is 13.2 Å². The molecule has 2 aromatic rings. The van der Waals surface area contributed by atoms with Gasteiger partial charge in [0.05, 0.1) is 5.60 Å². The number of hydrogen-bond acceptors (Lipinski definition) is 3. The van der Waals surface area contributed by atoms with Gasteiger partial charge in [-0.25, -0.2) is 0 Å². The van der Waals surface area contributed by atoms with Crippen molar-refractivity contribution in [1.82, 2.24) is 10.6 Å². The van der Waals surface area contributed by atoms with E-state index in [1.54, 1.807) is 12.2 Å². The maximum absolute atomic E-state index is 12.5. The van der Waals surface area contributed by atoms with Gasteiger partial charge in [-0.3, -0.25) is 9.59 Å². The number of aliphatic hydroxyl groups is 1. The van der Waals surface area contributed by atoms with Gasteiger partial charge < -0.3 is 15.7 Å². The van der Waals surface area contributed by atoms with Gasteiger partial charge in [0.1, 0.15) is 0 Å². The third kappa shape index (κ3) is 6.05. The highest BCUT2D eigenvalue weighted by molar-refractivity contribution is 5.83. The lowest BCUT2D eigenvalue weighted by molar-refractivity contribution is -0.123. The van der Waals surface area contributed by atoms with Crippen molar-refractivity contribution in [2.45, 2.75) is 56.1 Å². The molecule has 0 aromatic heterocycles. The third-order valence-electron chi connectivity index (χ3n) is 6.09. The zero-order valence-electron chi connectivity index (χ0n) is 18.0. The normalized spacial score (nSPS) is 18.5. The van der Waals surface area contributed by atoms with E-state index in [1.807, 2.05) is 12.1 Å². The van der Waals surface area contributed by atoms with E-state index < -0.39 is 11.1 Å². The van der Waals surface area contributed by atoms with Crippen molar-refractivity contribution in [3.8, 4) is 0 Å². The zero-order chi connectivity index (χ0) is 22.3. The summed E-state index contributed by atoms with van der Waals surface area (Å²) in [6, 6.07) is 14.6. The van der Waals surface area contributed by atoms with Crippen LogP contribution < -0.4 is 10.6 Å². The van der Waals surface area contributed by atoms with Crippen LogP contribution in [0.4, 0.5) is 0 Å². The van der Waals surface area contributed by atoms with Crippen molar-refractivity contribution in [1.29, 1.82) is 0 Å². The minimum atomic E-state index is -1.07. The minimum absolute atomic E-state index is 0.0348. The Morgan fingerprint density at radius 1 is 1.16 bits per heavy atom. The van der Waals surface area contributed by atoms with Crippen LogP contribution in [0, 0.1) is 0 Å². The predicted octanol–water partition coefficient (Wildman–Crippen LogP) is 3.81. The van der Waals surface area contributed by atoms with Gasteiger partial charge in [0, 0.05) is 24.9 Å². The number of fused-ring (bicyclic) bond motifs is 1. The first-order valence-electron chi connectivity index (χ1n) is 10.9. The molecule has 0 radical (unpaired) electrons. The SMILES string of the molecule is C=CCC(O)(CC=C)CNC(=O)CCC1(Cc2ccc3ccccc3c2)CCC(=O)N1. The lowest BCUT2D eigenvalue weighted by Gasteiger charge is -2.30. The topological polar surface area (TPSA) is 78.4 Å². The number of hydrogen-bond donors (Lipinski definition) is 3. The molecule has 5 nitrogen and oxygen atoms in total. The summed E-state index contributed by atoms with van der Waals surface area (Å²) >= 11 is 0. The molecule has 0 bridgehead atoms. The average molecular weight is 421 g/mol.